The minimum Gasteiger partial charge on any atom is -0.382 e. The molecule has 0 unspecified atom stereocenters. The average molecular weight is 456 g/mol. The fourth-order valence-electron chi connectivity index (χ4n) is 1.82. The van der Waals surface area contributed by atoms with Crippen LogP contribution in [0, 0.1) is 0 Å². The Labute approximate surface area is 161 Å². The molecular weight excluding hydrogens is 429 g/mol. The molecule has 0 atom stereocenters. The second-order valence-electron chi connectivity index (χ2n) is 4.63. The Balaban J connectivity index is 0.00000484. The van der Waals surface area contributed by atoms with Crippen molar-refractivity contribution in [2.45, 2.75) is 13.3 Å². The molecular formula is C16H27ClIN3O2. The summed E-state index contributed by atoms with van der Waals surface area (Å²) < 4.78 is 10.3. The highest BCUT2D eigenvalue weighted by molar-refractivity contribution is 14.0. The van der Waals surface area contributed by atoms with Gasteiger partial charge in [0.15, 0.2) is 5.96 Å². The quantitative estimate of drug-likeness (QED) is 0.247. The maximum absolute atomic E-state index is 6.14. The van der Waals surface area contributed by atoms with Gasteiger partial charge in [-0.2, -0.15) is 0 Å². The number of hydrogen-bond acceptors (Lipinski definition) is 3. The molecule has 0 amide bonds. The van der Waals surface area contributed by atoms with E-state index in [1.807, 2.05) is 31.2 Å². The molecule has 0 saturated carbocycles. The highest BCUT2D eigenvalue weighted by Crippen LogP contribution is 2.14. The summed E-state index contributed by atoms with van der Waals surface area (Å²) in [6.45, 7) is 6.06. The van der Waals surface area contributed by atoms with Gasteiger partial charge >= 0.3 is 0 Å². The van der Waals surface area contributed by atoms with Crippen LogP contribution in [0.4, 0.5) is 0 Å². The molecule has 2 N–H and O–H groups in total. The highest BCUT2D eigenvalue weighted by atomic mass is 127. The number of hydrogen-bond donors (Lipinski definition) is 2. The Hall–Kier alpha value is -0.570. The molecule has 0 heterocycles. The first-order valence-corrected chi connectivity index (χ1v) is 7.98. The highest BCUT2D eigenvalue weighted by Gasteiger charge is 2.00. The van der Waals surface area contributed by atoms with Crippen LogP contribution in [0.2, 0.25) is 5.02 Å². The molecule has 0 aliphatic heterocycles. The number of ether oxygens (including phenoxy) is 2. The second-order valence-corrected chi connectivity index (χ2v) is 5.04. The average Bonchev–Trinajstić information content (AvgIpc) is 2.52. The number of guanidine groups is 1. The van der Waals surface area contributed by atoms with Gasteiger partial charge in [0, 0.05) is 25.2 Å². The number of benzene rings is 1. The Morgan fingerprint density at radius 3 is 2.65 bits per heavy atom. The monoisotopic (exact) mass is 455 g/mol. The van der Waals surface area contributed by atoms with Gasteiger partial charge in [-0.15, -0.1) is 24.0 Å². The summed E-state index contributed by atoms with van der Waals surface area (Å²) >= 11 is 6.14. The predicted molar refractivity (Wildman–Crippen MR) is 107 cm³/mol. The maximum Gasteiger partial charge on any atom is 0.191 e. The van der Waals surface area contributed by atoms with E-state index in [0.29, 0.717) is 26.4 Å². The number of aliphatic imine (C=N–C) groups is 1. The number of methoxy groups -OCH3 is 1. The molecule has 0 saturated heterocycles. The summed E-state index contributed by atoms with van der Waals surface area (Å²) in [5, 5.41) is 7.31. The summed E-state index contributed by atoms with van der Waals surface area (Å²) in [5.74, 6) is 0.796. The van der Waals surface area contributed by atoms with Gasteiger partial charge in [-0.25, -0.2) is 0 Å². The first-order valence-electron chi connectivity index (χ1n) is 7.60. The molecule has 1 aromatic carbocycles. The largest absolute Gasteiger partial charge is 0.382 e. The van der Waals surface area contributed by atoms with Gasteiger partial charge in [0.1, 0.15) is 0 Å². The summed E-state index contributed by atoms with van der Waals surface area (Å²) in [6.07, 6.45) is 0.856. The van der Waals surface area contributed by atoms with Crippen molar-refractivity contribution >= 4 is 41.5 Å². The van der Waals surface area contributed by atoms with Gasteiger partial charge < -0.3 is 20.1 Å². The van der Waals surface area contributed by atoms with Gasteiger partial charge in [-0.05, 0) is 25.0 Å². The van der Waals surface area contributed by atoms with Crippen LogP contribution in [0.15, 0.2) is 29.3 Å². The van der Waals surface area contributed by atoms with E-state index in [-0.39, 0.29) is 24.0 Å². The van der Waals surface area contributed by atoms with Gasteiger partial charge in [0.05, 0.1) is 26.4 Å². The van der Waals surface area contributed by atoms with Crippen molar-refractivity contribution in [3.05, 3.63) is 34.9 Å². The van der Waals surface area contributed by atoms with E-state index in [0.717, 1.165) is 36.1 Å². The molecule has 7 heteroatoms. The first-order chi connectivity index (χ1) is 10.8. The summed E-state index contributed by atoms with van der Waals surface area (Å²) in [6, 6.07) is 7.89. The van der Waals surface area contributed by atoms with Crippen LogP contribution in [0.5, 0.6) is 0 Å². The smallest absolute Gasteiger partial charge is 0.191 e. The maximum atomic E-state index is 6.14. The van der Waals surface area contributed by atoms with Crippen LogP contribution < -0.4 is 10.6 Å². The van der Waals surface area contributed by atoms with E-state index in [4.69, 9.17) is 21.1 Å². The lowest BCUT2D eigenvalue weighted by molar-refractivity contribution is 0.0748. The van der Waals surface area contributed by atoms with Crippen molar-refractivity contribution in [2.24, 2.45) is 4.99 Å². The zero-order valence-electron chi connectivity index (χ0n) is 13.8. The Morgan fingerprint density at radius 1 is 1.17 bits per heavy atom. The van der Waals surface area contributed by atoms with Crippen LogP contribution in [-0.2, 0) is 15.9 Å². The number of nitrogens with one attached hydrogen (secondary N) is 2. The minimum absolute atomic E-state index is 0. The standard InChI is InChI=1S/C16H26ClN3O2.HI/c1-3-18-16(20-10-11-22-13-12-21-2)19-9-8-14-6-4-5-7-15(14)17;/h4-7H,3,8-13H2,1-2H3,(H2,18,19,20);1H. The van der Waals surface area contributed by atoms with E-state index >= 15 is 0 Å². The molecule has 0 aliphatic rings. The zero-order chi connectivity index (χ0) is 16.0. The third-order valence-electron chi connectivity index (χ3n) is 2.93. The first kappa shape index (κ1) is 22.4. The molecule has 0 fully saturated rings. The van der Waals surface area contributed by atoms with Crippen LogP contribution in [0.25, 0.3) is 0 Å². The molecule has 5 nitrogen and oxygen atoms in total. The molecule has 0 aliphatic carbocycles. The molecule has 0 bridgehead atoms. The van der Waals surface area contributed by atoms with E-state index in [1.54, 1.807) is 7.11 Å². The third-order valence-corrected chi connectivity index (χ3v) is 3.29. The zero-order valence-corrected chi connectivity index (χ0v) is 16.9. The van der Waals surface area contributed by atoms with Gasteiger partial charge in [0.25, 0.3) is 0 Å². The Kier molecular flexibility index (Phi) is 14.6. The van der Waals surface area contributed by atoms with Crippen LogP contribution in [-0.4, -0.2) is 52.5 Å². The van der Waals surface area contributed by atoms with Crippen molar-refractivity contribution in [2.75, 3.05) is 46.6 Å². The van der Waals surface area contributed by atoms with Crippen LogP contribution >= 0.6 is 35.6 Å². The van der Waals surface area contributed by atoms with Gasteiger partial charge in [-0.3, -0.25) is 4.99 Å². The lowest BCUT2D eigenvalue weighted by Crippen LogP contribution is -2.38. The summed E-state index contributed by atoms with van der Waals surface area (Å²) in [7, 11) is 1.66. The Bertz CT molecular complexity index is 447. The van der Waals surface area contributed by atoms with Crippen molar-refractivity contribution < 1.29 is 9.47 Å². The molecule has 1 aromatic rings. The lowest BCUT2D eigenvalue weighted by Gasteiger charge is -2.12. The summed E-state index contributed by atoms with van der Waals surface area (Å²) in [5.41, 5.74) is 1.13. The normalized spacial score (nSPS) is 11.0. The number of rotatable bonds is 10. The van der Waals surface area contributed by atoms with Gasteiger partial charge in [-0.1, -0.05) is 29.8 Å². The molecule has 0 radical (unpaired) electrons. The molecule has 1 rings (SSSR count). The Morgan fingerprint density at radius 2 is 1.96 bits per heavy atom. The minimum atomic E-state index is 0. The van der Waals surface area contributed by atoms with E-state index in [2.05, 4.69) is 15.6 Å². The van der Waals surface area contributed by atoms with Crippen molar-refractivity contribution in [3.63, 3.8) is 0 Å². The lowest BCUT2D eigenvalue weighted by atomic mass is 10.1. The van der Waals surface area contributed by atoms with Crippen LogP contribution in [0.1, 0.15) is 12.5 Å². The summed E-state index contributed by atoms with van der Waals surface area (Å²) in [4.78, 5) is 4.46. The number of nitrogens with zero attached hydrogens (tertiary/aromatic N) is 1. The molecule has 0 aromatic heterocycles. The van der Waals surface area contributed by atoms with E-state index < -0.39 is 0 Å². The fraction of sp³-hybridized carbons (Fsp3) is 0.562. The van der Waals surface area contributed by atoms with Crippen molar-refractivity contribution in [1.29, 1.82) is 0 Å². The molecule has 132 valence electrons. The second kappa shape index (κ2) is 15.0. The number of halogens is 2. The van der Waals surface area contributed by atoms with Crippen molar-refractivity contribution in [3.8, 4) is 0 Å². The van der Waals surface area contributed by atoms with Crippen molar-refractivity contribution in [1.82, 2.24) is 10.6 Å². The van der Waals surface area contributed by atoms with E-state index in [1.165, 1.54) is 0 Å². The molecule has 23 heavy (non-hydrogen) atoms. The fourth-order valence-corrected chi connectivity index (χ4v) is 2.06. The topological polar surface area (TPSA) is 54.9 Å². The third kappa shape index (κ3) is 10.8. The van der Waals surface area contributed by atoms with E-state index in [9.17, 15) is 0 Å². The SMILES string of the molecule is CCNC(=NCCOCCOC)NCCc1ccccc1Cl.I. The van der Waals surface area contributed by atoms with Crippen LogP contribution in [0.3, 0.4) is 0 Å². The molecule has 0 spiro atoms. The predicted octanol–water partition coefficient (Wildman–Crippen LogP) is 2.72. The van der Waals surface area contributed by atoms with Gasteiger partial charge in [0.2, 0.25) is 0 Å².